The van der Waals surface area contributed by atoms with Crippen molar-refractivity contribution < 1.29 is 19.6 Å². The second-order valence-electron chi connectivity index (χ2n) is 3.69. The lowest BCUT2D eigenvalue weighted by atomic mass is 10.4. The molecule has 0 aliphatic heterocycles. The normalized spacial score (nSPS) is 10.0. The Hall–Kier alpha value is -2.65. The predicted octanol–water partition coefficient (Wildman–Crippen LogP) is -0.751. The maximum atomic E-state index is 11.3. The number of carbonyl (C=O) groups excluding carboxylic acids is 1. The number of anilines is 1. The van der Waals surface area contributed by atoms with Crippen molar-refractivity contribution in [1.29, 1.82) is 0 Å². The molecule has 0 aromatic carbocycles. The fourth-order valence-electron chi connectivity index (χ4n) is 1.46. The Balaban J connectivity index is 2.70. The zero-order valence-electron chi connectivity index (χ0n) is 10.3. The van der Waals surface area contributed by atoms with E-state index in [0.717, 1.165) is 0 Å². The Morgan fingerprint density at radius 1 is 1.47 bits per heavy atom. The van der Waals surface area contributed by atoms with Crippen LogP contribution in [0.15, 0.2) is 0 Å². The Bertz CT molecular complexity index is 523. The van der Waals surface area contributed by atoms with Gasteiger partial charge in [0, 0.05) is 7.05 Å². The minimum atomic E-state index is -1.17. The van der Waals surface area contributed by atoms with E-state index >= 15 is 0 Å². The number of aryl methyl sites for hydroxylation is 2. The summed E-state index contributed by atoms with van der Waals surface area (Å²) in [7, 11) is 1.50. The largest absolute Gasteiger partial charge is 0.480 e. The lowest BCUT2D eigenvalue weighted by molar-refractivity contribution is -0.384. The van der Waals surface area contributed by atoms with Crippen LogP contribution in [0.3, 0.4) is 0 Å². The summed E-state index contributed by atoms with van der Waals surface area (Å²) in [4.78, 5) is 31.8. The Labute approximate surface area is 107 Å². The molecule has 0 saturated heterocycles. The van der Waals surface area contributed by atoms with Gasteiger partial charge in [0.05, 0.1) is 11.5 Å². The number of amides is 1. The van der Waals surface area contributed by atoms with Gasteiger partial charge in [-0.15, -0.1) is 0 Å². The molecular weight excluding hydrogens is 258 g/mol. The van der Waals surface area contributed by atoms with Gasteiger partial charge in [-0.2, -0.15) is 5.10 Å². The lowest BCUT2D eigenvalue weighted by Gasteiger charge is -2.06. The Kier molecular flexibility index (Phi) is 4.40. The smallest absolute Gasteiger partial charge is 0.333 e. The van der Waals surface area contributed by atoms with Gasteiger partial charge in [0.15, 0.2) is 0 Å². The molecule has 3 N–H and O–H groups in total. The number of rotatable bonds is 6. The highest BCUT2D eigenvalue weighted by atomic mass is 16.6. The van der Waals surface area contributed by atoms with Gasteiger partial charge in [0.25, 0.3) is 0 Å². The van der Waals surface area contributed by atoms with Crippen LogP contribution >= 0.6 is 0 Å². The van der Waals surface area contributed by atoms with E-state index in [1.807, 2.05) is 0 Å². The van der Waals surface area contributed by atoms with Crippen molar-refractivity contribution in [2.24, 2.45) is 7.05 Å². The average Bonchev–Trinajstić information content (AvgIpc) is 2.58. The summed E-state index contributed by atoms with van der Waals surface area (Å²) < 4.78 is 1.25. The summed E-state index contributed by atoms with van der Waals surface area (Å²) in [5, 5.41) is 27.8. The third-order valence-corrected chi connectivity index (χ3v) is 2.23. The number of nitrogens with one attached hydrogen (secondary N) is 2. The van der Waals surface area contributed by atoms with Crippen molar-refractivity contribution in [2.45, 2.75) is 6.92 Å². The van der Waals surface area contributed by atoms with Crippen LogP contribution in [0, 0.1) is 17.0 Å². The van der Waals surface area contributed by atoms with E-state index in [0.29, 0.717) is 0 Å². The molecule has 0 aliphatic rings. The van der Waals surface area contributed by atoms with Gasteiger partial charge in [-0.05, 0) is 6.92 Å². The maximum Gasteiger partial charge on any atom is 0.333 e. The molecular formula is C9H13N5O5. The zero-order valence-corrected chi connectivity index (χ0v) is 10.3. The SMILES string of the molecule is Cc1nn(C)c(NCC(=O)NCC(=O)O)c1[N+](=O)[O-]. The third kappa shape index (κ3) is 3.66. The van der Waals surface area contributed by atoms with E-state index in [2.05, 4.69) is 15.7 Å². The quantitative estimate of drug-likeness (QED) is 0.456. The first-order valence-corrected chi connectivity index (χ1v) is 5.23. The van der Waals surface area contributed by atoms with Gasteiger partial charge in [0.2, 0.25) is 11.7 Å². The molecule has 0 atom stereocenters. The number of hydrogen-bond acceptors (Lipinski definition) is 6. The minimum Gasteiger partial charge on any atom is -0.480 e. The van der Waals surface area contributed by atoms with Crippen molar-refractivity contribution in [2.75, 3.05) is 18.4 Å². The highest BCUT2D eigenvalue weighted by molar-refractivity contribution is 5.84. The van der Waals surface area contributed by atoms with E-state index in [9.17, 15) is 19.7 Å². The molecule has 0 bridgehead atoms. The lowest BCUT2D eigenvalue weighted by Crippen LogP contribution is -2.34. The third-order valence-electron chi connectivity index (χ3n) is 2.23. The van der Waals surface area contributed by atoms with Crippen LogP contribution in [0.1, 0.15) is 5.69 Å². The Morgan fingerprint density at radius 3 is 2.63 bits per heavy atom. The number of nitro groups is 1. The first-order valence-electron chi connectivity index (χ1n) is 5.23. The molecule has 1 heterocycles. The van der Waals surface area contributed by atoms with Gasteiger partial charge in [-0.25, -0.2) is 4.68 Å². The molecule has 1 aromatic rings. The molecule has 0 aliphatic carbocycles. The monoisotopic (exact) mass is 271 g/mol. The van der Waals surface area contributed by atoms with Crippen molar-refractivity contribution in [3.8, 4) is 0 Å². The first-order chi connectivity index (χ1) is 8.82. The molecule has 104 valence electrons. The molecule has 10 nitrogen and oxygen atoms in total. The molecule has 0 spiro atoms. The number of carbonyl (C=O) groups is 2. The molecule has 0 fully saturated rings. The van der Waals surface area contributed by atoms with Crippen molar-refractivity contribution in [3.63, 3.8) is 0 Å². The molecule has 19 heavy (non-hydrogen) atoms. The van der Waals surface area contributed by atoms with Crippen molar-refractivity contribution in [3.05, 3.63) is 15.8 Å². The number of hydrogen-bond donors (Lipinski definition) is 3. The first kappa shape index (κ1) is 14.4. The predicted molar refractivity (Wildman–Crippen MR) is 63.7 cm³/mol. The number of nitrogens with zero attached hydrogens (tertiary/aromatic N) is 3. The molecule has 0 unspecified atom stereocenters. The highest BCUT2D eigenvalue weighted by Crippen LogP contribution is 2.26. The number of carboxylic acids is 1. The topological polar surface area (TPSA) is 139 Å². The molecule has 0 saturated carbocycles. The summed E-state index contributed by atoms with van der Waals surface area (Å²) in [6.45, 7) is 0.688. The standard InChI is InChI=1S/C9H13N5O5/c1-5-8(14(18)19)9(13(2)12-5)11-3-6(15)10-4-7(16)17/h11H,3-4H2,1-2H3,(H,10,15)(H,16,17). The molecule has 0 radical (unpaired) electrons. The van der Waals surface area contributed by atoms with Gasteiger partial charge >= 0.3 is 11.7 Å². The summed E-state index contributed by atoms with van der Waals surface area (Å²) in [5.74, 6) is -1.67. The van der Waals surface area contributed by atoms with Gasteiger partial charge in [-0.1, -0.05) is 0 Å². The van der Waals surface area contributed by atoms with Gasteiger partial charge < -0.3 is 15.7 Å². The van der Waals surface area contributed by atoms with Crippen molar-refractivity contribution >= 4 is 23.4 Å². The van der Waals surface area contributed by atoms with Gasteiger partial charge in [-0.3, -0.25) is 19.7 Å². The van der Waals surface area contributed by atoms with Crippen LogP contribution in [0.2, 0.25) is 0 Å². The van der Waals surface area contributed by atoms with Crippen molar-refractivity contribution in [1.82, 2.24) is 15.1 Å². The number of carboxylic acid groups (broad SMARTS) is 1. The maximum absolute atomic E-state index is 11.3. The summed E-state index contributed by atoms with van der Waals surface area (Å²) in [6.07, 6.45) is 0. The van der Waals surface area contributed by atoms with E-state index in [-0.39, 0.29) is 23.7 Å². The van der Waals surface area contributed by atoms with Crippen LogP contribution in [0.4, 0.5) is 11.5 Å². The summed E-state index contributed by atoms with van der Waals surface area (Å²) in [6, 6.07) is 0. The second kappa shape index (κ2) is 5.80. The summed E-state index contributed by atoms with van der Waals surface area (Å²) >= 11 is 0. The van der Waals surface area contributed by atoms with Crippen LogP contribution < -0.4 is 10.6 Å². The molecule has 1 aromatic heterocycles. The molecule has 10 heteroatoms. The van der Waals surface area contributed by atoms with Gasteiger partial charge in [0.1, 0.15) is 12.2 Å². The van der Waals surface area contributed by atoms with E-state index in [1.165, 1.54) is 18.7 Å². The number of aliphatic carboxylic acids is 1. The molecule has 1 amide bonds. The average molecular weight is 271 g/mol. The number of aromatic nitrogens is 2. The van der Waals surface area contributed by atoms with Crippen LogP contribution in [0.5, 0.6) is 0 Å². The Morgan fingerprint density at radius 2 is 2.11 bits per heavy atom. The van der Waals surface area contributed by atoms with Crippen LogP contribution in [0.25, 0.3) is 0 Å². The van der Waals surface area contributed by atoms with Crippen LogP contribution in [-0.4, -0.2) is 44.8 Å². The highest BCUT2D eigenvalue weighted by Gasteiger charge is 2.24. The van der Waals surface area contributed by atoms with Crippen LogP contribution in [-0.2, 0) is 16.6 Å². The second-order valence-corrected chi connectivity index (χ2v) is 3.69. The zero-order chi connectivity index (χ0) is 14.6. The minimum absolute atomic E-state index is 0.0907. The van der Waals surface area contributed by atoms with E-state index in [1.54, 1.807) is 0 Å². The molecule has 1 rings (SSSR count). The fraction of sp³-hybridized carbons (Fsp3) is 0.444. The summed E-state index contributed by atoms with van der Waals surface area (Å²) in [5.41, 5.74) is 0.00878. The van der Waals surface area contributed by atoms with E-state index in [4.69, 9.17) is 5.11 Å². The van der Waals surface area contributed by atoms with E-state index < -0.39 is 23.3 Å². The fourth-order valence-corrected chi connectivity index (χ4v) is 1.46.